The van der Waals surface area contributed by atoms with Crippen molar-refractivity contribution in [2.24, 2.45) is 0 Å². The van der Waals surface area contributed by atoms with Crippen molar-refractivity contribution in [1.82, 2.24) is 15.1 Å². The van der Waals surface area contributed by atoms with Gasteiger partial charge in [0.15, 0.2) is 0 Å². The van der Waals surface area contributed by atoms with Crippen LogP contribution in [-0.2, 0) is 13.1 Å². The number of aromatic nitrogens is 2. The SMILES string of the molecule is COc1ccc([C@@H](C)NCc2cccc(Cn3cccn3)c2)cc1. The third-order valence-corrected chi connectivity index (χ3v) is 4.12. The number of ether oxygens (including phenoxy) is 1. The molecule has 4 nitrogen and oxygen atoms in total. The molecule has 0 spiro atoms. The largest absolute Gasteiger partial charge is 0.497 e. The Kier molecular flexibility index (Phi) is 5.29. The number of benzene rings is 2. The molecule has 1 aromatic heterocycles. The first-order valence-electron chi connectivity index (χ1n) is 8.17. The predicted octanol–water partition coefficient (Wildman–Crippen LogP) is 3.79. The fourth-order valence-electron chi connectivity index (χ4n) is 2.70. The monoisotopic (exact) mass is 321 g/mol. The van der Waals surface area contributed by atoms with Gasteiger partial charge in [0.1, 0.15) is 5.75 Å². The number of hydrogen-bond acceptors (Lipinski definition) is 3. The maximum absolute atomic E-state index is 5.21. The standard InChI is InChI=1S/C20H23N3O/c1-16(19-7-9-20(24-2)10-8-19)21-14-17-5-3-6-18(13-17)15-23-12-4-11-22-23/h3-13,16,21H,14-15H2,1-2H3/t16-/m1/s1. The lowest BCUT2D eigenvalue weighted by Gasteiger charge is -2.15. The zero-order valence-electron chi connectivity index (χ0n) is 14.1. The van der Waals surface area contributed by atoms with Crippen molar-refractivity contribution >= 4 is 0 Å². The summed E-state index contributed by atoms with van der Waals surface area (Å²) in [5.74, 6) is 0.886. The van der Waals surface area contributed by atoms with E-state index in [1.165, 1.54) is 16.7 Å². The molecular formula is C20H23N3O. The molecule has 0 amide bonds. The van der Waals surface area contributed by atoms with E-state index >= 15 is 0 Å². The maximum atomic E-state index is 5.21. The first-order valence-corrected chi connectivity index (χ1v) is 8.17. The van der Waals surface area contributed by atoms with E-state index in [1.54, 1.807) is 7.11 Å². The molecule has 0 saturated carbocycles. The quantitative estimate of drug-likeness (QED) is 0.719. The zero-order valence-corrected chi connectivity index (χ0v) is 14.1. The van der Waals surface area contributed by atoms with Crippen LogP contribution >= 0.6 is 0 Å². The highest BCUT2D eigenvalue weighted by Gasteiger charge is 2.05. The van der Waals surface area contributed by atoms with Crippen LogP contribution in [-0.4, -0.2) is 16.9 Å². The molecule has 1 heterocycles. The maximum Gasteiger partial charge on any atom is 0.118 e. The molecule has 0 saturated heterocycles. The second kappa shape index (κ2) is 7.79. The van der Waals surface area contributed by atoms with Gasteiger partial charge in [-0.1, -0.05) is 36.4 Å². The van der Waals surface area contributed by atoms with E-state index in [0.29, 0.717) is 0 Å². The van der Waals surface area contributed by atoms with Crippen LogP contribution in [0.15, 0.2) is 67.0 Å². The van der Waals surface area contributed by atoms with Gasteiger partial charge in [0, 0.05) is 25.0 Å². The van der Waals surface area contributed by atoms with Crippen molar-refractivity contribution in [3.63, 3.8) is 0 Å². The molecule has 0 aliphatic carbocycles. The summed E-state index contributed by atoms with van der Waals surface area (Å²) >= 11 is 0. The van der Waals surface area contributed by atoms with Crippen LogP contribution in [0.5, 0.6) is 5.75 Å². The zero-order chi connectivity index (χ0) is 16.8. The molecule has 4 heteroatoms. The summed E-state index contributed by atoms with van der Waals surface area (Å²) in [4.78, 5) is 0. The van der Waals surface area contributed by atoms with Crippen LogP contribution in [0.3, 0.4) is 0 Å². The summed E-state index contributed by atoms with van der Waals surface area (Å²) in [6.07, 6.45) is 3.79. The van der Waals surface area contributed by atoms with Gasteiger partial charge in [0.25, 0.3) is 0 Å². The van der Waals surface area contributed by atoms with Gasteiger partial charge in [-0.25, -0.2) is 0 Å². The third kappa shape index (κ3) is 4.24. The molecule has 1 atom stereocenters. The minimum atomic E-state index is 0.283. The highest BCUT2D eigenvalue weighted by Crippen LogP contribution is 2.18. The van der Waals surface area contributed by atoms with E-state index < -0.39 is 0 Å². The summed E-state index contributed by atoms with van der Waals surface area (Å²) in [6.45, 7) is 3.81. The Hall–Kier alpha value is -2.59. The molecule has 3 aromatic rings. The third-order valence-electron chi connectivity index (χ3n) is 4.12. The van der Waals surface area contributed by atoms with Crippen LogP contribution in [0.25, 0.3) is 0 Å². The first-order chi connectivity index (χ1) is 11.7. The van der Waals surface area contributed by atoms with Gasteiger partial charge in [-0.15, -0.1) is 0 Å². The number of hydrogen-bond donors (Lipinski definition) is 1. The summed E-state index contributed by atoms with van der Waals surface area (Å²) in [5, 5.41) is 7.84. The molecule has 24 heavy (non-hydrogen) atoms. The fraction of sp³-hybridized carbons (Fsp3) is 0.250. The molecular weight excluding hydrogens is 298 g/mol. The van der Waals surface area contributed by atoms with Gasteiger partial charge in [0.2, 0.25) is 0 Å². The smallest absolute Gasteiger partial charge is 0.118 e. The molecule has 124 valence electrons. The molecule has 1 N–H and O–H groups in total. The Morgan fingerprint density at radius 1 is 1.08 bits per heavy atom. The molecule has 0 fully saturated rings. The first kappa shape index (κ1) is 16.3. The van der Waals surface area contributed by atoms with E-state index in [9.17, 15) is 0 Å². The van der Waals surface area contributed by atoms with Crippen molar-refractivity contribution in [2.45, 2.75) is 26.1 Å². The number of rotatable bonds is 7. The topological polar surface area (TPSA) is 39.1 Å². The Labute approximate surface area is 143 Å². The van der Waals surface area contributed by atoms with Gasteiger partial charge in [0.05, 0.1) is 13.7 Å². The molecule has 0 aliphatic heterocycles. The number of methoxy groups -OCH3 is 1. The lowest BCUT2D eigenvalue weighted by Crippen LogP contribution is -2.18. The van der Waals surface area contributed by atoms with E-state index in [0.717, 1.165) is 18.8 Å². The Morgan fingerprint density at radius 2 is 1.88 bits per heavy atom. The van der Waals surface area contributed by atoms with Gasteiger partial charge >= 0.3 is 0 Å². The number of nitrogens with one attached hydrogen (secondary N) is 1. The van der Waals surface area contributed by atoms with Crippen LogP contribution in [0.4, 0.5) is 0 Å². The average molecular weight is 321 g/mol. The summed E-state index contributed by atoms with van der Waals surface area (Å²) in [6, 6.07) is 19.1. The van der Waals surface area contributed by atoms with E-state index in [2.05, 4.69) is 53.7 Å². The van der Waals surface area contributed by atoms with E-state index in [1.807, 2.05) is 35.3 Å². The van der Waals surface area contributed by atoms with Crippen molar-refractivity contribution in [3.05, 3.63) is 83.7 Å². The Morgan fingerprint density at radius 3 is 2.58 bits per heavy atom. The molecule has 0 radical (unpaired) electrons. The highest BCUT2D eigenvalue weighted by molar-refractivity contribution is 5.29. The second-order valence-corrected chi connectivity index (χ2v) is 5.90. The van der Waals surface area contributed by atoms with Crippen molar-refractivity contribution < 1.29 is 4.74 Å². The van der Waals surface area contributed by atoms with Crippen molar-refractivity contribution in [1.29, 1.82) is 0 Å². The van der Waals surface area contributed by atoms with Crippen molar-refractivity contribution in [3.8, 4) is 5.75 Å². The van der Waals surface area contributed by atoms with Crippen LogP contribution in [0.2, 0.25) is 0 Å². The summed E-state index contributed by atoms with van der Waals surface area (Å²) in [5.41, 5.74) is 3.79. The Balaban J connectivity index is 1.59. The normalized spacial score (nSPS) is 12.1. The summed E-state index contributed by atoms with van der Waals surface area (Å²) < 4.78 is 7.14. The van der Waals surface area contributed by atoms with Gasteiger partial charge in [-0.3, -0.25) is 4.68 Å². The number of nitrogens with zero attached hydrogens (tertiary/aromatic N) is 2. The fourth-order valence-corrected chi connectivity index (χ4v) is 2.70. The summed E-state index contributed by atoms with van der Waals surface area (Å²) in [7, 11) is 1.69. The molecule has 0 aliphatic rings. The Bertz CT molecular complexity index is 751. The van der Waals surface area contributed by atoms with Crippen LogP contribution < -0.4 is 10.1 Å². The second-order valence-electron chi connectivity index (χ2n) is 5.90. The van der Waals surface area contributed by atoms with Crippen molar-refractivity contribution in [2.75, 3.05) is 7.11 Å². The molecule has 2 aromatic carbocycles. The van der Waals surface area contributed by atoms with Gasteiger partial charge in [-0.2, -0.15) is 5.10 Å². The van der Waals surface area contributed by atoms with E-state index in [-0.39, 0.29) is 6.04 Å². The van der Waals surface area contributed by atoms with Crippen LogP contribution in [0, 0.1) is 0 Å². The highest BCUT2D eigenvalue weighted by atomic mass is 16.5. The minimum absolute atomic E-state index is 0.283. The predicted molar refractivity (Wildman–Crippen MR) is 96.0 cm³/mol. The molecule has 0 unspecified atom stereocenters. The van der Waals surface area contributed by atoms with E-state index in [4.69, 9.17) is 4.74 Å². The lowest BCUT2D eigenvalue weighted by atomic mass is 10.1. The van der Waals surface area contributed by atoms with Gasteiger partial charge in [-0.05, 0) is 41.8 Å². The van der Waals surface area contributed by atoms with Gasteiger partial charge < -0.3 is 10.1 Å². The minimum Gasteiger partial charge on any atom is -0.497 e. The average Bonchev–Trinajstić information content (AvgIpc) is 3.13. The molecule has 0 bridgehead atoms. The van der Waals surface area contributed by atoms with Crippen LogP contribution in [0.1, 0.15) is 29.7 Å². The molecule has 3 rings (SSSR count). The lowest BCUT2D eigenvalue weighted by molar-refractivity contribution is 0.414.